The largest absolute Gasteiger partial charge is 0.497 e. The molecule has 8 heteroatoms. The van der Waals surface area contributed by atoms with E-state index < -0.39 is 0 Å². The van der Waals surface area contributed by atoms with Crippen molar-refractivity contribution in [2.45, 2.75) is 6.92 Å². The fraction of sp³-hybridized carbons (Fsp3) is 0.333. The molecule has 1 aromatic heterocycles. The number of hydrogen-bond donors (Lipinski definition) is 0. The molecule has 0 radical (unpaired) electrons. The van der Waals surface area contributed by atoms with Crippen LogP contribution in [0.4, 0.5) is 5.95 Å². The predicted octanol–water partition coefficient (Wildman–Crippen LogP) is 3.01. The Balaban J connectivity index is 1.31. The molecule has 0 saturated carbocycles. The minimum Gasteiger partial charge on any atom is -0.497 e. The lowest BCUT2D eigenvalue weighted by Gasteiger charge is -2.35. The summed E-state index contributed by atoms with van der Waals surface area (Å²) < 4.78 is 18.5. The Labute approximate surface area is 187 Å². The van der Waals surface area contributed by atoms with Crippen LogP contribution in [0.5, 0.6) is 17.2 Å². The second-order valence-corrected chi connectivity index (χ2v) is 7.36. The lowest BCUT2D eigenvalue weighted by Crippen LogP contribution is -2.50. The van der Waals surface area contributed by atoms with Gasteiger partial charge in [-0.15, -0.1) is 0 Å². The van der Waals surface area contributed by atoms with E-state index in [9.17, 15) is 4.79 Å². The minimum atomic E-state index is -0.0188. The van der Waals surface area contributed by atoms with Crippen LogP contribution in [0.2, 0.25) is 0 Å². The van der Waals surface area contributed by atoms with Crippen molar-refractivity contribution >= 4 is 11.9 Å². The second-order valence-electron chi connectivity index (χ2n) is 7.36. The highest BCUT2D eigenvalue weighted by Gasteiger charge is 2.24. The number of ether oxygens (including phenoxy) is 3. The number of aromatic nitrogens is 2. The summed E-state index contributed by atoms with van der Waals surface area (Å²) in [6.45, 7) is 5.23. The molecular formula is C24H28N4O4. The summed E-state index contributed by atoms with van der Waals surface area (Å²) in [7, 11) is 1.66. The van der Waals surface area contributed by atoms with Gasteiger partial charge in [-0.25, -0.2) is 4.98 Å². The van der Waals surface area contributed by atoms with Gasteiger partial charge in [0.05, 0.1) is 19.4 Å². The average molecular weight is 437 g/mol. The number of benzene rings is 2. The van der Waals surface area contributed by atoms with Gasteiger partial charge in [-0.2, -0.15) is 0 Å². The molecule has 1 amide bonds. The van der Waals surface area contributed by atoms with Crippen molar-refractivity contribution in [3.8, 4) is 22.9 Å². The van der Waals surface area contributed by atoms with Gasteiger partial charge in [0.2, 0.25) is 5.95 Å². The number of imidazole rings is 1. The van der Waals surface area contributed by atoms with Crippen molar-refractivity contribution in [3.63, 3.8) is 0 Å². The summed E-state index contributed by atoms with van der Waals surface area (Å²) in [6, 6.07) is 15.2. The molecule has 8 nitrogen and oxygen atoms in total. The molecule has 168 valence electrons. The molecule has 1 fully saturated rings. The molecule has 4 rings (SSSR count). The van der Waals surface area contributed by atoms with Crippen molar-refractivity contribution < 1.29 is 19.0 Å². The van der Waals surface area contributed by atoms with Crippen LogP contribution in [-0.2, 0) is 4.79 Å². The molecule has 0 bridgehead atoms. The zero-order valence-electron chi connectivity index (χ0n) is 18.4. The first-order valence-electron chi connectivity index (χ1n) is 10.7. The lowest BCUT2D eigenvalue weighted by atomic mass is 10.3. The maximum atomic E-state index is 12.6. The van der Waals surface area contributed by atoms with Gasteiger partial charge in [0.1, 0.15) is 17.2 Å². The maximum Gasteiger partial charge on any atom is 0.260 e. The minimum absolute atomic E-state index is 0.0188. The summed E-state index contributed by atoms with van der Waals surface area (Å²) >= 11 is 0. The highest BCUT2D eigenvalue weighted by molar-refractivity contribution is 5.78. The van der Waals surface area contributed by atoms with E-state index in [1.165, 1.54) is 0 Å². The molecule has 0 unspecified atom stereocenters. The van der Waals surface area contributed by atoms with E-state index in [0.29, 0.717) is 38.5 Å². The third-order valence-corrected chi connectivity index (χ3v) is 5.36. The molecule has 1 aliphatic heterocycles. The summed E-state index contributed by atoms with van der Waals surface area (Å²) in [5.41, 5.74) is 0.985. The van der Waals surface area contributed by atoms with Crippen LogP contribution in [0.1, 0.15) is 6.92 Å². The third-order valence-electron chi connectivity index (χ3n) is 5.36. The van der Waals surface area contributed by atoms with Crippen molar-refractivity contribution in [2.75, 3.05) is 51.4 Å². The Bertz CT molecular complexity index is 1030. The molecule has 0 N–H and O–H groups in total. The summed E-state index contributed by atoms with van der Waals surface area (Å²) in [5, 5.41) is 0. The maximum absolute atomic E-state index is 12.6. The molecule has 1 saturated heterocycles. The van der Waals surface area contributed by atoms with E-state index in [0.717, 1.165) is 23.1 Å². The van der Waals surface area contributed by atoms with Gasteiger partial charge in [-0.1, -0.05) is 6.07 Å². The summed E-state index contributed by atoms with van der Waals surface area (Å²) in [5.74, 6) is 3.08. The SMILES string of the molecule is CCOc1ccc(OCC(=O)N2CCN(c3nccn3-c3cccc(OC)c3)CC2)cc1. The number of piperazine rings is 1. The molecule has 2 aromatic carbocycles. The number of nitrogens with zero attached hydrogens (tertiary/aromatic N) is 4. The Morgan fingerprint density at radius 2 is 1.69 bits per heavy atom. The first kappa shape index (κ1) is 21.5. The van der Waals surface area contributed by atoms with Crippen LogP contribution < -0.4 is 19.1 Å². The molecule has 32 heavy (non-hydrogen) atoms. The van der Waals surface area contributed by atoms with E-state index in [1.807, 2.05) is 71.1 Å². The molecule has 2 heterocycles. The fourth-order valence-electron chi connectivity index (χ4n) is 3.68. The first-order chi connectivity index (χ1) is 15.7. The Morgan fingerprint density at radius 3 is 2.38 bits per heavy atom. The monoisotopic (exact) mass is 436 g/mol. The smallest absolute Gasteiger partial charge is 0.260 e. The second kappa shape index (κ2) is 10.1. The zero-order valence-corrected chi connectivity index (χ0v) is 18.4. The molecule has 1 aliphatic rings. The number of hydrogen-bond acceptors (Lipinski definition) is 6. The van der Waals surface area contributed by atoms with E-state index in [2.05, 4.69) is 9.88 Å². The van der Waals surface area contributed by atoms with Crippen molar-refractivity contribution in [2.24, 2.45) is 0 Å². The van der Waals surface area contributed by atoms with Gasteiger partial charge in [-0.05, 0) is 43.3 Å². The fourth-order valence-corrected chi connectivity index (χ4v) is 3.68. The van der Waals surface area contributed by atoms with Crippen LogP contribution in [-0.4, -0.2) is 66.9 Å². The van der Waals surface area contributed by atoms with Crippen LogP contribution in [0.15, 0.2) is 60.9 Å². The molecule has 0 spiro atoms. The quantitative estimate of drug-likeness (QED) is 0.541. The highest BCUT2D eigenvalue weighted by Crippen LogP contribution is 2.23. The van der Waals surface area contributed by atoms with E-state index in [1.54, 1.807) is 13.3 Å². The normalized spacial score (nSPS) is 13.7. The van der Waals surface area contributed by atoms with E-state index in [4.69, 9.17) is 14.2 Å². The Hall–Kier alpha value is -3.68. The van der Waals surface area contributed by atoms with Crippen LogP contribution in [0.3, 0.4) is 0 Å². The van der Waals surface area contributed by atoms with Crippen LogP contribution >= 0.6 is 0 Å². The van der Waals surface area contributed by atoms with E-state index in [-0.39, 0.29) is 12.5 Å². The van der Waals surface area contributed by atoms with Crippen LogP contribution in [0.25, 0.3) is 5.69 Å². The van der Waals surface area contributed by atoms with Crippen LogP contribution in [0, 0.1) is 0 Å². The van der Waals surface area contributed by atoms with Crippen molar-refractivity contribution in [1.29, 1.82) is 0 Å². The van der Waals surface area contributed by atoms with Crippen molar-refractivity contribution in [3.05, 3.63) is 60.9 Å². The lowest BCUT2D eigenvalue weighted by molar-refractivity contribution is -0.133. The number of methoxy groups -OCH3 is 1. The van der Waals surface area contributed by atoms with Gasteiger partial charge in [0.15, 0.2) is 6.61 Å². The number of rotatable bonds is 8. The molecular weight excluding hydrogens is 408 g/mol. The third kappa shape index (κ3) is 4.96. The molecule has 3 aromatic rings. The van der Waals surface area contributed by atoms with Gasteiger partial charge in [-0.3, -0.25) is 9.36 Å². The topological polar surface area (TPSA) is 69.1 Å². The van der Waals surface area contributed by atoms with Crippen molar-refractivity contribution in [1.82, 2.24) is 14.5 Å². The first-order valence-corrected chi connectivity index (χ1v) is 10.7. The van der Waals surface area contributed by atoms with Gasteiger partial charge < -0.3 is 24.0 Å². The number of anilines is 1. The molecule has 0 aliphatic carbocycles. The number of amides is 1. The Kier molecular flexibility index (Phi) is 6.79. The Morgan fingerprint density at radius 1 is 0.969 bits per heavy atom. The number of carbonyl (C=O) groups is 1. The number of carbonyl (C=O) groups excluding carboxylic acids is 1. The zero-order chi connectivity index (χ0) is 22.3. The van der Waals surface area contributed by atoms with E-state index >= 15 is 0 Å². The average Bonchev–Trinajstić information content (AvgIpc) is 3.34. The van der Waals surface area contributed by atoms with Gasteiger partial charge >= 0.3 is 0 Å². The summed E-state index contributed by atoms with van der Waals surface area (Å²) in [4.78, 5) is 21.2. The predicted molar refractivity (Wildman–Crippen MR) is 122 cm³/mol. The molecule has 0 atom stereocenters. The highest BCUT2D eigenvalue weighted by atomic mass is 16.5. The van der Waals surface area contributed by atoms with Gasteiger partial charge in [0, 0.05) is 44.6 Å². The van der Waals surface area contributed by atoms with Gasteiger partial charge in [0.25, 0.3) is 5.91 Å². The summed E-state index contributed by atoms with van der Waals surface area (Å²) in [6.07, 6.45) is 3.73. The standard InChI is InChI=1S/C24H28N4O4/c1-3-31-20-7-9-21(10-8-20)32-18-23(29)26-13-15-27(16-14-26)24-25-11-12-28(24)19-5-4-6-22(17-19)30-2/h4-12,17H,3,13-16,18H2,1-2H3.